The van der Waals surface area contributed by atoms with Gasteiger partial charge in [-0.05, 0) is 43.9 Å². The smallest absolute Gasteiger partial charge is 0.311 e. The number of carboxylic acid groups (broad SMARTS) is 1. The van der Waals surface area contributed by atoms with Crippen LogP contribution in [0.1, 0.15) is 41.3 Å². The monoisotopic (exact) mass is 275 g/mol. The first-order chi connectivity index (χ1) is 9.41. The Hall–Kier alpha value is -1.84. The average molecular weight is 275 g/mol. The fourth-order valence-corrected chi connectivity index (χ4v) is 2.81. The molecule has 0 saturated carbocycles. The molecule has 1 aromatic carbocycles. The minimum absolute atomic E-state index is 0.0530. The van der Waals surface area contributed by atoms with Gasteiger partial charge in [-0.15, -0.1) is 0 Å². The molecular weight excluding hydrogens is 254 g/mol. The average Bonchev–Trinajstić information content (AvgIpc) is 2.87. The zero-order valence-electron chi connectivity index (χ0n) is 12.3. The summed E-state index contributed by atoms with van der Waals surface area (Å²) >= 11 is 0. The van der Waals surface area contributed by atoms with Crippen molar-refractivity contribution in [2.45, 2.75) is 33.6 Å². The number of hydrogen-bond donors (Lipinski definition) is 1. The zero-order valence-corrected chi connectivity index (χ0v) is 12.3. The summed E-state index contributed by atoms with van der Waals surface area (Å²) in [5.41, 5.74) is 1.96. The molecule has 4 heteroatoms. The molecule has 0 radical (unpaired) electrons. The van der Waals surface area contributed by atoms with Crippen molar-refractivity contribution in [1.29, 1.82) is 0 Å². The molecule has 1 heterocycles. The normalized spacial score (nSPS) is 22.1. The number of carboxylic acids is 1. The van der Waals surface area contributed by atoms with Gasteiger partial charge >= 0.3 is 5.97 Å². The number of likely N-dealkylation sites (tertiary alicyclic amines) is 1. The molecular formula is C16H21NO3. The number of aryl methyl sites for hydroxylation is 1. The third-order valence-electron chi connectivity index (χ3n) is 4.61. The van der Waals surface area contributed by atoms with Gasteiger partial charge in [0.1, 0.15) is 0 Å². The maximum Gasteiger partial charge on any atom is 0.311 e. The SMILES string of the molecule is CCC1(C(=O)O)CCN(C(=O)c2cccc(C)c2C)C1. The van der Waals surface area contributed by atoms with Crippen molar-refractivity contribution in [3.05, 3.63) is 34.9 Å². The molecule has 1 atom stereocenters. The molecule has 1 amide bonds. The number of hydrogen-bond acceptors (Lipinski definition) is 2. The Bertz CT molecular complexity index is 553. The maximum absolute atomic E-state index is 12.6. The molecule has 1 N–H and O–H groups in total. The van der Waals surface area contributed by atoms with Crippen LogP contribution in [0.4, 0.5) is 0 Å². The molecule has 0 aromatic heterocycles. The van der Waals surface area contributed by atoms with Crippen LogP contribution < -0.4 is 0 Å². The van der Waals surface area contributed by atoms with Gasteiger partial charge in [-0.1, -0.05) is 19.1 Å². The number of amides is 1. The summed E-state index contributed by atoms with van der Waals surface area (Å²) in [6.45, 7) is 6.62. The highest BCUT2D eigenvalue weighted by molar-refractivity contribution is 5.96. The summed E-state index contributed by atoms with van der Waals surface area (Å²) in [6, 6.07) is 5.66. The van der Waals surface area contributed by atoms with Crippen LogP contribution >= 0.6 is 0 Å². The van der Waals surface area contributed by atoms with Gasteiger partial charge in [0.05, 0.1) is 5.41 Å². The molecule has 0 aliphatic carbocycles. The first kappa shape index (κ1) is 14.6. The Balaban J connectivity index is 2.24. The summed E-state index contributed by atoms with van der Waals surface area (Å²) in [5, 5.41) is 9.39. The lowest BCUT2D eigenvalue weighted by atomic mass is 9.84. The van der Waals surface area contributed by atoms with Crippen LogP contribution in [0.25, 0.3) is 0 Å². The highest BCUT2D eigenvalue weighted by atomic mass is 16.4. The molecule has 1 aliphatic heterocycles. The van der Waals surface area contributed by atoms with Crippen LogP contribution in [0.15, 0.2) is 18.2 Å². The minimum Gasteiger partial charge on any atom is -0.481 e. The Morgan fingerprint density at radius 3 is 2.60 bits per heavy atom. The van der Waals surface area contributed by atoms with Crippen molar-refractivity contribution < 1.29 is 14.7 Å². The van der Waals surface area contributed by atoms with Crippen molar-refractivity contribution in [2.75, 3.05) is 13.1 Å². The zero-order chi connectivity index (χ0) is 14.9. The third kappa shape index (κ3) is 2.30. The van der Waals surface area contributed by atoms with Gasteiger partial charge in [-0.3, -0.25) is 9.59 Å². The Labute approximate surface area is 119 Å². The first-order valence-corrected chi connectivity index (χ1v) is 7.00. The van der Waals surface area contributed by atoms with Gasteiger partial charge in [0.25, 0.3) is 5.91 Å². The van der Waals surface area contributed by atoms with E-state index in [0.717, 1.165) is 11.1 Å². The Kier molecular flexibility index (Phi) is 3.84. The topological polar surface area (TPSA) is 57.6 Å². The van der Waals surface area contributed by atoms with Crippen LogP contribution in [0, 0.1) is 19.3 Å². The van der Waals surface area contributed by atoms with E-state index < -0.39 is 11.4 Å². The van der Waals surface area contributed by atoms with Crippen LogP contribution in [0.3, 0.4) is 0 Å². The van der Waals surface area contributed by atoms with Gasteiger partial charge in [-0.2, -0.15) is 0 Å². The highest BCUT2D eigenvalue weighted by Crippen LogP contribution is 2.35. The molecule has 1 unspecified atom stereocenters. The number of aliphatic carboxylic acids is 1. The number of nitrogens with zero attached hydrogens (tertiary/aromatic N) is 1. The molecule has 1 aliphatic rings. The van der Waals surface area contributed by atoms with E-state index in [2.05, 4.69) is 0 Å². The predicted molar refractivity (Wildman–Crippen MR) is 76.8 cm³/mol. The maximum atomic E-state index is 12.6. The van der Waals surface area contributed by atoms with E-state index in [1.165, 1.54) is 0 Å². The van der Waals surface area contributed by atoms with Gasteiger partial charge < -0.3 is 10.0 Å². The van der Waals surface area contributed by atoms with E-state index in [9.17, 15) is 14.7 Å². The van der Waals surface area contributed by atoms with E-state index in [-0.39, 0.29) is 5.91 Å². The molecule has 20 heavy (non-hydrogen) atoms. The molecule has 108 valence electrons. The van der Waals surface area contributed by atoms with Crippen LogP contribution in [0.5, 0.6) is 0 Å². The predicted octanol–water partition coefficient (Wildman–Crippen LogP) is 2.63. The summed E-state index contributed by atoms with van der Waals surface area (Å²) in [7, 11) is 0. The highest BCUT2D eigenvalue weighted by Gasteiger charge is 2.44. The van der Waals surface area contributed by atoms with Crippen LogP contribution in [0.2, 0.25) is 0 Å². The summed E-state index contributed by atoms with van der Waals surface area (Å²) in [5.74, 6) is -0.848. The van der Waals surface area contributed by atoms with E-state index in [0.29, 0.717) is 31.5 Å². The van der Waals surface area contributed by atoms with Gasteiger partial charge in [0, 0.05) is 18.7 Å². The van der Waals surface area contributed by atoms with Gasteiger partial charge in [0.2, 0.25) is 0 Å². The molecule has 1 fully saturated rings. The largest absolute Gasteiger partial charge is 0.481 e. The second kappa shape index (κ2) is 5.27. The molecule has 1 saturated heterocycles. The lowest BCUT2D eigenvalue weighted by Gasteiger charge is -2.23. The number of carbonyl (C=O) groups is 2. The fraction of sp³-hybridized carbons (Fsp3) is 0.500. The quantitative estimate of drug-likeness (QED) is 0.922. The molecule has 1 aromatic rings. The van der Waals surface area contributed by atoms with Gasteiger partial charge in [0.15, 0.2) is 0 Å². The molecule has 4 nitrogen and oxygen atoms in total. The number of carbonyl (C=O) groups excluding carboxylic acids is 1. The summed E-state index contributed by atoms with van der Waals surface area (Å²) in [6.07, 6.45) is 1.09. The van der Waals surface area contributed by atoms with Gasteiger partial charge in [-0.25, -0.2) is 0 Å². The van der Waals surface area contributed by atoms with Crippen molar-refractivity contribution in [1.82, 2.24) is 4.90 Å². The number of benzene rings is 1. The lowest BCUT2D eigenvalue weighted by molar-refractivity contribution is -0.148. The van der Waals surface area contributed by atoms with Crippen LogP contribution in [-0.2, 0) is 4.79 Å². The minimum atomic E-state index is -0.795. The van der Waals surface area contributed by atoms with Crippen molar-refractivity contribution in [3.63, 3.8) is 0 Å². The second-order valence-electron chi connectivity index (χ2n) is 5.66. The first-order valence-electron chi connectivity index (χ1n) is 7.00. The van der Waals surface area contributed by atoms with E-state index in [4.69, 9.17) is 0 Å². The van der Waals surface area contributed by atoms with Crippen molar-refractivity contribution in [3.8, 4) is 0 Å². The lowest BCUT2D eigenvalue weighted by Crippen LogP contribution is -2.36. The molecule has 2 rings (SSSR count). The Morgan fingerprint density at radius 1 is 1.35 bits per heavy atom. The summed E-state index contributed by atoms with van der Waals surface area (Å²) in [4.78, 5) is 25.7. The molecule has 0 spiro atoms. The van der Waals surface area contributed by atoms with E-state index >= 15 is 0 Å². The standard InChI is InChI=1S/C16H21NO3/c1-4-16(15(19)20)8-9-17(10-16)14(18)13-7-5-6-11(2)12(13)3/h5-7H,4,8-10H2,1-3H3,(H,19,20). The second-order valence-corrected chi connectivity index (χ2v) is 5.66. The fourth-order valence-electron chi connectivity index (χ4n) is 2.81. The van der Waals surface area contributed by atoms with E-state index in [1.807, 2.05) is 39.0 Å². The Morgan fingerprint density at radius 2 is 2.05 bits per heavy atom. The third-order valence-corrected chi connectivity index (χ3v) is 4.61. The number of rotatable bonds is 3. The molecule has 0 bridgehead atoms. The van der Waals surface area contributed by atoms with Crippen molar-refractivity contribution >= 4 is 11.9 Å². The van der Waals surface area contributed by atoms with Crippen molar-refractivity contribution in [2.24, 2.45) is 5.41 Å². The summed E-state index contributed by atoms with van der Waals surface area (Å²) < 4.78 is 0. The van der Waals surface area contributed by atoms with E-state index in [1.54, 1.807) is 4.90 Å². The van der Waals surface area contributed by atoms with Crippen LogP contribution in [-0.4, -0.2) is 35.0 Å².